The molecule has 0 aliphatic carbocycles. The van der Waals surface area contributed by atoms with E-state index in [9.17, 15) is 4.39 Å². The molecule has 3 heterocycles. The van der Waals surface area contributed by atoms with Crippen LogP contribution in [0.3, 0.4) is 0 Å². The normalized spacial score (nSPS) is 16.9. The summed E-state index contributed by atoms with van der Waals surface area (Å²) in [5.41, 5.74) is 0. The van der Waals surface area contributed by atoms with Gasteiger partial charge in [0.2, 0.25) is 0 Å². The molecule has 1 fully saturated rings. The third-order valence-corrected chi connectivity index (χ3v) is 4.29. The van der Waals surface area contributed by atoms with Crippen LogP contribution < -0.4 is 15.5 Å². The standard InChI is InChI=1S/C18H26FN7.HI/c1-2-20-18(22-9-4-11-26-12-5-10-23-26)24-15-7-13-25(14-15)17-16(19)6-3-8-21-17;/h3,5-6,8,10,12,15H,2,4,7,9,11,13-14H2,1H3,(H2,20,22,24);1H. The fourth-order valence-corrected chi connectivity index (χ4v) is 3.05. The summed E-state index contributed by atoms with van der Waals surface area (Å²) in [5.74, 6) is 0.964. The van der Waals surface area contributed by atoms with Gasteiger partial charge in [0.25, 0.3) is 0 Å². The predicted octanol–water partition coefficient (Wildman–Crippen LogP) is 2.26. The largest absolute Gasteiger partial charge is 0.357 e. The molecule has 1 aliphatic rings. The molecule has 2 aromatic rings. The second kappa shape index (κ2) is 11.1. The molecule has 27 heavy (non-hydrogen) atoms. The van der Waals surface area contributed by atoms with E-state index in [0.717, 1.165) is 45.0 Å². The SMILES string of the molecule is CCNC(=NCCCn1cccn1)NC1CCN(c2ncccc2F)C1.I. The van der Waals surface area contributed by atoms with Crippen LogP contribution in [0.2, 0.25) is 0 Å². The van der Waals surface area contributed by atoms with Gasteiger partial charge in [0.15, 0.2) is 17.6 Å². The minimum Gasteiger partial charge on any atom is -0.357 e. The van der Waals surface area contributed by atoms with Gasteiger partial charge in [-0.15, -0.1) is 24.0 Å². The van der Waals surface area contributed by atoms with Crippen molar-refractivity contribution in [3.63, 3.8) is 0 Å². The Labute approximate surface area is 176 Å². The summed E-state index contributed by atoms with van der Waals surface area (Å²) >= 11 is 0. The van der Waals surface area contributed by atoms with E-state index in [0.29, 0.717) is 12.4 Å². The molecular formula is C18H27FIN7. The molecule has 1 unspecified atom stereocenters. The number of aryl methyl sites for hydroxylation is 1. The molecule has 1 saturated heterocycles. The summed E-state index contributed by atoms with van der Waals surface area (Å²) in [6.07, 6.45) is 7.22. The fraction of sp³-hybridized carbons (Fsp3) is 0.500. The summed E-state index contributed by atoms with van der Waals surface area (Å²) in [5, 5.41) is 10.9. The topological polar surface area (TPSA) is 70.4 Å². The Morgan fingerprint density at radius 2 is 2.26 bits per heavy atom. The number of hydrogen-bond acceptors (Lipinski definition) is 4. The predicted molar refractivity (Wildman–Crippen MR) is 116 cm³/mol. The minimum absolute atomic E-state index is 0. The van der Waals surface area contributed by atoms with Crippen LogP contribution in [0.15, 0.2) is 41.8 Å². The fourth-order valence-electron chi connectivity index (χ4n) is 3.05. The Bertz CT molecular complexity index is 707. The lowest BCUT2D eigenvalue weighted by Gasteiger charge is -2.19. The number of nitrogens with one attached hydrogen (secondary N) is 2. The Morgan fingerprint density at radius 3 is 3.00 bits per heavy atom. The highest BCUT2D eigenvalue weighted by Crippen LogP contribution is 2.20. The monoisotopic (exact) mass is 487 g/mol. The zero-order valence-electron chi connectivity index (χ0n) is 15.5. The van der Waals surface area contributed by atoms with Gasteiger partial charge in [-0.3, -0.25) is 9.67 Å². The third-order valence-electron chi connectivity index (χ3n) is 4.29. The van der Waals surface area contributed by atoms with Crippen LogP contribution in [-0.2, 0) is 6.54 Å². The van der Waals surface area contributed by atoms with E-state index in [-0.39, 0.29) is 35.8 Å². The first-order valence-electron chi connectivity index (χ1n) is 9.14. The Kier molecular flexibility index (Phi) is 8.76. The van der Waals surface area contributed by atoms with Crippen molar-refractivity contribution in [2.24, 2.45) is 4.99 Å². The van der Waals surface area contributed by atoms with Crippen molar-refractivity contribution in [3.05, 3.63) is 42.6 Å². The van der Waals surface area contributed by atoms with Gasteiger partial charge in [-0.2, -0.15) is 5.10 Å². The van der Waals surface area contributed by atoms with Crippen LogP contribution in [0, 0.1) is 5.82 Å². The van der Waals surface area contributed by atoms with Crippen LogP contribution >= 0.6 is 24.0 Å². The molecule has 0 saturated carbocycles. The second-order valence-electron chi connectivity index (χ2n) is 6.27. The van der Waals surface area contributed by atoms with Gasteiger partial charge in [-0.25, -0.2) is 9.37 Å². The second-order valence-corrected chi connectivity index (χ2v) is 6.27. The van der Waals surface area contributed by atoms with Crippen molar-refractivity contribution in [2.45, 2.75) is 32.4 Å². The first-order valence-corrected chi connectivity index (χ1v) is 9.14. The van der Waals surface area contributed by atoms with Crippen molar-refractivity contribution in [2.75, 3.05) is 31.1 Å². The molecule has 7 nitrogen and oxygen atoms in total. The number of halogens is 2. The van der Waals surface area contributed by atoms with E-state index in [1.165, 1.54) is 6.07 Å². The van der Waals surface area contributed by atoms with Gasteiger partial charge in [0.1, 0.15) is 0 Å². The lowest BCUT2D eigenvalue weighted by Crippen LogP contribution is -2.44. The molecular weight excluding hydrogens is 460 g/mol. The molecule has 2 N–H and O–H groups in total. The zero-order chi connectivity index (χ0) is 18.2. The molecule has 0 bridgehead atoms. The van der Waals surface area contributed by atoms with Gasteiger partial charge in [0, 0.05) is 57.4 Å². The van der Waals surface area contributed by atoms with Gasteiger partial charge in [-0.05, 0) is 38.0 Å². The van der Waals surface area contributed by atoms with Gasteiger partial charge >= 0.3 is 0 Å². The first-order chi connectivity index (χ1) is 12.8. The summed E-state index contributed by atoms with van der Waals surface area (Å²) in [7, 11) is 0. The van der Waals surface area contributed by atoms with Crippen molar-refractivity contribution in [1.82, 2.24) is 25.4 Å². The lowest BCUT2D eigenvalue weighted by atomic mass is 10.3. The summed E-state index contributed by atoms with van der Waals surface area (Å²) in [4.78, 5) is 10.8. The van der Waals surface area contributed by atoms with E-state index in [1.54, 1.807) is 18.5 Å². The Balaban J connectivity index is 0.00000261. The van der Waals surface area contributed by atoms with Crippen LogP contribution in [0.5, 0.6) is 0 Å². The third kappa shape index (κ3) is 6.33. The minimum atomic E-state index is -0.271. The molecule has 2 aromatic heterocycles. The highest BCUT2D eigenvalue weighted by Gasteiger charge is 2.25. The number of rotatable bonds is 7. The number of aliphatic imine (C=N–C) groups is 1. The lowest BCUT2D eigenvalue weighted by molar-refractivity contribution is 0.581. The van der Waals surface area contributed by atoms with Gasteiger partial charge in [0.05, 0.1) is 0 Å². The van der Waals surface area contributed by atoms with E-state index >= 15 is 0 Å². The van der Waals surface area contributed by atoms with E-state index in [4.69, 9.17) is 0 Å². The molecule has 9 heteroatoms. The van der Waals surface area contributed by atoms with Gasteiger partial charge in [-0.1, -0.05) is 0 Å². The van der Waals surface area contributed by atoms with E-state index in [2.05, 4.69) is 25.7 Å². The maximum atomic E-state index is 13.9. The van der Waals surface area contributed by atoms with E-state index in [1.807, 2.05) is 28.8 Å². The molecule has 1 atom stereocenters. The number of hydrogen-bond donors (Lipinski definition) is 2. The van der Waals surface area contributed by atoms with Crippen LogP contribution in [0.4, 0.5) is 10.2 Å². The van der Waals surface area contributed by atoms with E-state index < -0.39 is 0 Å². The zero-order valence-corrected chi connectivity index (χ0v) is 17.8. The molecule has 0 amide bonds. The number of pyridine rings is 1. The molecule has 0 radical (unpaired) electrons. The summed E-state index contributed by atoms with van der Waals surface area (Å²) in [6, 6.07) is 5.21. The number of nitrogens with zero attached hydrogens (tertiary/aromatic N) is 5. The van der Waals surface area contributed by atoms with Crippen LogP contribution in [-0.4, -0.2) is 52.9 Å². The molecule has 3 rings (SSSR count). The number of anilines is 1. The van der Waals surface area contributed by atoms with Crippen molar-refractivity contribution >= 4 is 35.8 Å². The highest BCUT2D eigenvalue weighted by molar-refractivity contribution is 14.0. The van der Waals surface area contributed by atoms with Crippen LogP contribution in [0.25, 0.3) is 0 Å². The molecule has 0 spiro atoms. The first kappa shape index (κ1) is 21.4. The van der Waals surface area contributed by atoms with Crippen molar-refractivity contribution in [3.8, 4) is 0 Å². The average Bonchev–Trinajstić information content (AvgIpc) is 3.31. The number of guanidine groups is 1. The smallest absolute Gasteiger partial charge is 0.191 e. The van der Waals surface area contributed by atoms with Crippen molar-refractivity contribution < 1.29 is 4.39 Å². The molecule has 0 aromatic carbocycles. The number of aromatic nitrogens is 3. The average molecular weight is 487 g/mol. The molecule has 1 aliphatic heterocycles. The quantitative estimate of drug-likeness (QED) is 0.272. The summed E-state index contributed by atoms with van der Waals surface area (Å²) < 4.78 is 15.8. The van der Waals surface area contributed by atoms with Crippen molar-refractivity contribution in [1.29, 1.82) is 0 Å². The Morgan fingerprint density at radius 1 is 1.37 bits per heavy atom. The molecule has 148 valence electrons. The maximum absolute atomic E-state index is 13.9. The van der Waals surface area contributed by atoms with Crippen LogP contribution in [0.1, 0.15) is 19.8 Å². The van der Waals surface area contributed by atoms with Gasteiger partial charge < -0.3 is 15.5 Å². The Hall–Kier alpha value is -1.91. The highest BCUT2D eigenvalue weighted by atomic mass is 127. The maximum Gasteiger partial charge on any atom is 0.191 e. The summed E-state index contributed by atoms with van der Waals surface area (Å²) in [6.45, 7) is 5.92.